The first-order valence-corrected chi connectivity index (χ1v) is 11.8. The Hall–Kier alpha value is -3.61. The molecule has 7 nitrogen and oxygen atoms in total. The quantitative estimate of drug-likeness (QED) is 0.642. The molecule has 0 aromatic heterocycles. The molecular weight excluding hydrogens is 430 g/mol. The van der Waals surface area contributed by atoms with E-state index >= 15 is 0 Å². The topological polar surface area (TPSA) is 70.2 Å². The van der Waals surface area contributed by atoms with Gasteiger partial charge in [-0.15, -0.1) is 0 Å². The van der Waals surface area contributed by atoms with Crippen molar-refractivity contribution in [1.82, 2.24) is 14.7 Å². The zero-order chi connectivity index (χ0) is 23.9. The van der Waals surface area contributed by atoms with Crippen LogP contribution in [0.15, 0.2) is 60.7 Å². The lowest BCUT2D eigenvalue weighted by molar-refractivity contribution is -0.140. The van der Waals surface area contributed by atoms with Crippen molar-refractivity contribution in [3.63, 3.8) is 0 Å². The summed E-state index contributed by atoms with van der Waals surface area (Å²) < 4.78 is 5.21. The van der Waals surface area contributed by atoms with Gasteiger partial charge in [0, 0.05) is 56.8 Å². The Balaban J connectivity index is 1.24. The van der Waals surface area contributed by atoms with Crippen LogP contribution < -0.4 is 4.74 Å². The third kappa shape index (κ3) is 5.65. The number of piperidine rings is 1. The van der Waals surface area contributed by atoms with Crippen LogP contribution in [0.4, 0.5) is 0 Å². The molecule has 0 atom stereocenters. The van der Waals surface area contributed by atoms with Gasteiger partial charge in [0.05, 0.1) is 7.11 Å². The Bertz CT molecular complexity index is 1040. The van der Waals surface area contributed by atoms with E-state index in [-0.39, 0.29) is 23.6 Å². The summed E-state index contributed by atoms with van der Waals surface area (Å²) in [6.07, 6.45) is 4.78. The van der Waals surface area contributed by atoms with Gasteiger partial charge >= 0.3 is 0 Å². The van der Waals surface area contributed by atoms with E-state index in [0.717, 1.165) is 5.56 Å². The average molecular weight is 462 g/mol. The summed E-state index contributed by atoms with van der Waals surface area (Å²) in [5.41, 5.74) is 1.59. The smallest absolute Gasteiger partial charge is 0.254 e. The minimum Gasteiger partial charge on any atom is -0.497 e. The molecule has 2 aromatic carbocycles. The molecule has 2 aliphatic heterocycles. The molecule has 34 heavy (non-hydrogen) atoms. The molecule has 7 heteroatoms. The maximum Gasteiger partial charge on any atom is 0.254 e. The molecule has 0 bridgehead atoms. The number of ether oxygens (including phenoxy) is 1. The van der Waals surface area contributed by atoms with Crippen LogP contribution in [0.25, 0.3) is 6.08 Å². The molecule has 2 aromatic rings. The molecule has 2 heterocycles. The third-order valence-electron chi connectivity index (χ3n) is 6.57. The van der Waals surface area contributed by atoms with Crippen LogP contribution in [0.3, 0.4) is 0 Å². The number of piperazine rings is 1. The predicted molar refractivity (Wildman–Crippen MR) is 130 cm³/mol. The van der Waals surface area contributed by atoms with Gasteiger partial charge in [0.1, 0.15) is 5.75 Å². The summed E-state index contributed by atoms with van der Waals surface area (Å²) in [6, 6.07) is 16.9. The first-order chi connectivity index (χ1) is 16.5. The number of carbonyl (C=O) groups excluding carboxylic acids is 3. The van der Waals surface area contributed by atoms with E-state index in [1.54, 1.807) is 36.3 Å². The predicted octanol–water partition coefficient (Wildman–Crippen LogP) is 2.93. The Kier molecular flexibility index (Phi) is 7.62. The summed E-state index contributed by atoms with van der Waals surface area (Å²) >= 11 is 0. The van der Waals surface area contributed by atoms with Crippen LogP contribution in [0.5, 0.6) is 5.75 Å². The van der Waals surface area contributed by atoms with E-state index in [9.17, 15) is 14.4 Å². The highest BCUT2D eigenvalue weighted by Gasteiger charge is 2.32. The van der Waals surface area contributed by atoms with Crippen LogP contribution in [0, 0.1) is 5.92 Å². The molecule has 0 radical (unpaired) electrons. The first kappa shape index (κ1) is 23.5. The van der Waals surface area contributed by atoms with Gasteiger partial charge in [-0.1, -0.05) is 36.4 Å². The van der Waals surface area contributed by atoms with Crippen molar-refractivity contribution in [3.8, 4) is 5.75 Å². The molecule has 0 aliphatic carbocycles. The highest BCUT2D eigenvalue weighted by molar-refractivity contribution is 5.95. The third-order valence-corrected chi connectivity index (χ3v) is 6.57. The minimum atomic E-state index is -0.0669. The van der Waals surface area contributed by atoms with Crippen LogP contribution in [-0.2, 0) is 9.59 Å². The molecule has 3 amide bonds. The fraction of sp³-hybridized carbons (Fsp3) is 0.370. The molecule has 0 unspecified atom stereocenters. The summed E-state index contributed by atoms with van der Waals surface area (Å²) in [5, 5.41) is 0. The largest absolute Gasteiger partial charge is 0.497 e. The number of methoxy groups -OCH3 is 1. The van der Waals surface area contributed by atoms with Crippen molar-refractivity contribution in [2.75, 3.05) is 46.4 Å². The number of nitrogens with zero attached hydrogens (tertiary/aromatic N) is 3. The lowest BCUT2D eigenvalue weighted by Gasteiger charge is -2.38. The van der Waals surface area contributed by atoms with E-state index in [2.05, 4.69) is 0 Å². The normalized spacial score (nSPS) is 17.1. The van der Waals surface area contributed by atoms with Gasteiger partial charge in [-0.25, -0.2) is 0 Å². The van der Waals surface area contributed by atoms with Gasteiger partial charge in [-0.2, -0.15) is 0 Å². The lowest BCUT2D eigenvalue weighted by atomic mass is 9.94. The Morgan fingerprint density at radius 2 is 1.50 bits per heavy atom. The number of amides is 3. The van der Waals surface area contributed by atoms with Crippen molar-refractivity contribution in [3.05, 3.63) is 71.8 Å². The van der Waals surface area contributed by atoms with Gasteiger partial charge in [0.15, 0.2) is 0 Å². The molecule has 2 saturated heterocycles. The fourth-order valence-electron chi connectivity index (χ4n) is 4.51. The standard InChI is InChI=1S/C27H31N3O4/c1-34-24-9-5-8-23(20-24)27(33)30-18-16-29(17-19-30)26(32)22-12-14-28(15-13-22)25(31)11-10-21-6-3-2-4-7-21/h2-11,20,22H,12-19H2,1H3/b11-10+. The van der Waals surface area contributed by atoms with Crippen molar-refractivity contribution < 1.29 is 19.1 Å². The summed E-state index contributed by atoms with van der Waals surface area (Å²) in [7, 11) is 1.58. The van der Waals surface area contributed by atoms with E-state index in [1.165, 1.54) is 0 Å². The van der Waals surface area contributed by atoms with Gasteiger partial charge in [0.25, 0.3) is 5.91 Å². The van der Waals surface area contributed by atoms with E-state index in [0.29, 0.717) is 63.4 Å². The van der Waals surface area contributed by atoms with Crippen molar-refractivity contribution in [2.45, 2.75) is 12.8 Å². The Morgan fingerprint density at radius 3 is 2.18 bits per heavy atom. The monoisotopic (exact) mass is 461 g/mol. The van der Waals surface area contributed by atoms with E-state index < -0.39 is 0 Å². The summed E-state index contributed by atoms with van der Waals surface area (Å²) in [6.45, 7) is 3.28. The van der Waals surface area contributed by atoms with Crippen molar-refractivity contribution >= 4 is 23.8 Å². The molecule has 2 aliphatic rings. The maximum atomic E-state index is 13.1. The van der Waals surface area contributed by atoms with Gasteiger partial charge in [0.2, 0.25) is 11.8 Å². The number of carbonyl (C=O) groups is 3. The van der Waals surface area contributed by atoms with Gasteiger partial charge in [-0.05, 0) is 42.7 Å². The van der Waals surface area contributed by atoms with Crippen molar-refractivity contribution in [1.29, 1.82) is 0 Å². The van der Waals surface area contributed by atoms with Crippen LogP contribution in [0.2, 0.25) is 0 Å². The molecule has 0 spiro atoms. The minimum absolute atomic E-state index is 0.0144. The number of hydrogen-bond donors (Lipinski definition) is 0. The Labute approximate surface area is 200 Å². The number of rotatable bonds is 5. The van der Waals surface area contributed by atoms with E-state index in [4.69, 9.17) is 4.74 Å². The number of benzene rings is 2. The zero-order valence-corrected chi connectivity index (χ0v) is 19.6. The summed E-state index contributed by atoms with van der Waals surface area (Å²) in [5.74, 6) is 0.670. The second-order valence-electron chi connectivity index (χ2n) is 8.69. The van der Waals surface area contributed by atoms with Gasteiger partial charge < -0.3 is 19.4 Å². The van der Waals surface area contributed by atoms with Crippen molar-refractivity contribution in [2.24, 2.45) is 5.92 Å². The molecule has 0 N–H and O–H groups in total. The van der Waals surface area contributed by atoms with Crippen LogP contribution >= 0.6 is 0 Å². The second kappa shape index (κ2) is 11.0. The van der Waals surface area contributed by atoms with Crippen LogP contribution in [-0.4, -0.2) is 78.8 Å². The molecule has 4 rings (SSSR count). The molecule has 2 fully saturated rings. The first-order valence-electron chi connectivity index (χ1n) is 11.8. The highest BCUT2D eigenvalue weighted by atomic mass is 16.5. The molecule has 0 saturated carbocycles. The fourth-order valence-corrected chi connectivity index (χ4v) is 4.51. The second-order valence-corrected chi connectivity index (χ2v) is 8.69. The molecule has 178 valence electrons. The lowest BCUT2D eigenvalue weighted by Crippen LogP contribution is -2.53. The number of hydrogen-bond acceptors (Lipinski definition) is 4. The van der Waals surface area contributed by atoms with Crippen LogP contribution in [0.1, 0.15) is 28.8 Å². The zero-order valence-electron chi connectivity index (χ0n) is 19.6. The average Bonchev–Trinajstić information content (AvgIpc) is 2.91. The van der Waals surface area contributed by atoms with E-state index in [1.807, 2.05) is 52.3 Å². The van der Waals surface area contributed by atoms with Gasteiger partial charge in [-0.3, -0.25) is 14.4 Å². The highest BCUT2D eigenvalue weighted by Crippen LogP contribution is 2.22. The SMILES string of the molecule is COc1cccc(C(=O)N2CCN(C(=O)C3CCN(C(=O)/C=C/c4ccccc4)CC3)CC2)c1. The number of likely N-dealkylation sites (tertiary alicyclic amines) is 1. The maximum absolute atomic E-state index is 13.1. The molecular formula is C27H31N3O4. The summed E-state index contributed by atoms with van der Waals surface area (Å²) in [4.78, 5) is 43.8. The Morgan fingerprint density at radius 1 is 0.824 bits per heavy atom.